The zero-order valence-electron chi connectivity index (χ0n) is 16.8. The molecule has 1 aromatic carbocycles. The Kier molecular flexibility index (Phi) is 8.65. The van der Waals surface area contributed by atoms with Crippen LogP contribution in [0.25, 0.3) is 0 Å². The molecule has 1 aliphatic rings. The van der Waals surface area contributed by atoms with Crippen molar-refractivity contribution in [2.75, 3.05) is 26.0 Å². The molecule has 0 radical (unpaired) electrons. The monoisotopic (exact) mass is 452 g/mol. The lowest BCUT2D eigenvalue weighted by molar-refractivity contribution is 0.0933. The standard InChI is InChI=1S/C21H25FN2O4S2/c1-30-21(29)27-13-16-18(8-4-6-15-5-2-3-7-17(15)22)28-24-19(16)20(25)23-11-14-9-10-26-12-14/h2-3,5,7,14H,4,6,8-13H2,1H3,(H,23,25). The number of carbonyl (C=O) groups is 1. The van der Waals surface area contributed by atoms with E-state index in [1.54, 1.807) is 12.1 Å². The van der Waals surface area contributed by atoms with Gasteiger partial charge in [0.2, 0.25) is 4.38 Å². The minimum atomic E-state index is -0.306. The summed E-state index contributed by atoms with van der Waals surface area (Å²) in [6.45, 7) is 2.01. The predicted molar refractivity (Wildman–Crippen MR) is 117 cm³/mol. The van der Waals surface area contributed by atoms with Crippen LogP contribution in [0.2, 0.25) is 0 Å². The van der Waals surface area contributed by atoms with Crippen molar-refractivity contribution in [1.29, 1.82) is 0 Å². The van der Waals surface area contributed by atoms with Gasteiger partial charge in [0.15, 0.2) is 5.69 Å². The van der Waals surface area contributed by atoms with Gasteiger partial charge in [-0.3, -0.25) is 4.79 Å². The molecule has 1 aromatic heterocycles. The lowest BCUT2D eigenvalue weighted by atomic mass is 10.0. The second kappa shape index (κ2) is 11.4. The summed E-state index contributed by atoms with van der Waals surface area (Å²) in [5, 5.41) is 6.89. The highest BCUT2D eigenvalue weighted by molar-refractivity contribution is 8.22. The molecule has 3 rings (SSSR count). The number of aromatic nitrogens is 1. The number of ether oxygens (including phenoxy) is 2. The van der Waals surface area contributed by atoms with Crippen LogP contribution < -0.4 is 5.32 Å². The van der Waals surface area contributed by atoms with Crippen molar-refractivity contribution in [3.63, 3.8) is 0 Å². The van der Waals surface area contributed by atoms with Crippen molar-refractivity contribution < 1.29 is 23.2 Å². The molecule has 1 aliphatic heterocycles. The van der Waals surface area contributed by atoms with Gasteiger partial charge in [-0.1, -0.05) is 35.1 Å². The normalized spacial score (nSPS) is 15.9. The Hall–Kier alpha value is -1.97. The number of rotatable bonds is 9. The maximum absolute atomic E-state index is 13.8. The topological polar surface area (TPSA) is 73.6 Å². The summed E-state index contributed by atoms with van der Waals surface area (Å²) in [4.78, 5) is 12.7. The molecule has 1 saturated heterocycles. The third-order valence-corrected chi connectivity index (χ3v) is 6.04. The zero-order chi connectivity index (χ0) is 21.3. The number of halogens is 1. The molecule has 1 amide bonds. The van der Waals surface area contributed by atoms with Crippen LogP contribution >= 0.6 is 24.0 Å². The summed E-state index contributed by atoms with van der Waals surface area (Å²) in [6, 6.07) is 6.70. The highest BCUT2D eigenvalue weighted by atomic mass is 32.2. The van der Waals surface area contributed by atoms with Crippen LogP contribution in [0.3, 0.4) is 0 Å². The quantitative estimate of drug-likeness (QED) is 0.578. The second-order valence-corrected chi connectivity index (χ2v) is 8.47. The number of nitrogens with zero attached hydrogens (tertiary/aromatic N) is 1. The van der Waals surface area contributed by atoms with Gasteiger partial charge in [-0.05, 0) is 49.4 Å². The lowest BCUT2D eigenvalue weighted by Gasteiger charge is -2.10. The smallest absolute Gasteiger partial charge is 0.273 e. The fraction of sp³-hybridized carbons (Fsp3) is 0.476. The number of carbonyl (C=O) groups excluding carboxylic acids is 1. The first kappa shape index (κ1) is 22.7. The maximum Gasteiger partial charge on any atom is 0.273 e. The van der Waals surface area contributed by atoms with E-state index in [2.05, 4.69) is 10.5 Å². The van der Waals surface area contributed by atoms with E-state index >= 15 is 0 Å². The molecule has 0 bridgehead atoms. The van der Waals surface area contributed by atoms with Gasteiger partial charge in [-0.15, -0.1) is 0 Å². The number of nitrogens with one attached hydrogen (secondary N) is 1. The van der Waals surface area contributed by atoms with E-state index < -0.39 is 0 Å². The minimum absolute atomic E-state index is 0.105. The van der Waals surface area contributed by atoms with Crippen LogP contribution in [0, 0.1) is 11.7 Å². The number of thiocarbonyl (C=S) groups is 1. The lowest BCUT2D eigenvalue weighted by Crippen LogP contribution is -2.30. The molecular formula is C21H25FN2O4S2. The molecule has 0 saturated carbocycles. The van der Waals surface area contributed by atoms with Crippen LogP contribution in [0.4, 0.5) is 4.39 Å². The summed E-state index contributed by atoms with van der Waals surface area (Å²) >= 11 is 6.42. The number of aryl methyl sites for hydroxylation is 2. The Morgan fingerprint density at radius 2 is 2.23 bits per heavy atom. The highest BCUT2D eigenvalue weighted by Crippen LogP contribution is 2.21. The van der Waals surface area contributed by atoms with E-state index in [1.807, 2.05) is 12.3 Å². The largest absolute Gasteiger partial charge is 0.473 e. The van der Waals surface area contributed by atoms with Gasteiger partial charge in [-0.2, -0.15) is 0 Å². The van der Waals surface area contributed by atoms with Crippen molar-refractivity contribution in [3.8, 4) is 0 Å². The van der Waals surface area contributed by atoms with E-state index in [0.717, 1.165) is 13.0 Å². The molecule has 6 nitrogen and oxygen atoms in total. The Labute approximate surface area is 184 Å². The van der Waals surface area contributed by atoms with Crippen LogP contribution in [-0.4, -0.2) is 41.5 Å². The molecule has 2 heterocycles. The number of hydrogen-bond acceptors (Lipinski definition) is 7. The SMILES string of the molecule is CSC(=S)OCc1c(C(=O)NCC2CCOC2)noc1CCCc1ccccc1F. The van der Waals surface area contributed by atoms with Crippen molar-refractivity contribution >= 4 is 34.3 Å². The van der Waals surface area contributed by atoms with Gasteiger partial charge in [0, 0.05) is 25.5 Å². The van der Waals surface area contributed by atoms with Gasteiger partial charge in [-0.25, -0.2) is 4.39 Å². The molecular weight excluding hydrogens is 427 g/mol. The minimum Gasteiger partial charge on any atom is -0.473 e. The fourth-order valence-corrected chi connectivity index (χ4v) is 3.50. The van der Waals surface area contributed by atoms with Gasteiger partial charge >= 0.3 is 0 Å². The van der Waals surface area contributed by atoms with E-state index in [-0.39, 0.29) is 24.0 Å². The average molecular weight is 453 g/mol. The van der Waals surface area contributed by atoms with Crippen LogP contribution in [0.1, 0.15) is 40.2 Å². The number of thioether (sulfide) groups is 1. The van der Waals surface area contributed by atoms with E-state index in [1.165, 1.54) is 17.8 Å². The summed E-state index contributed by atoms with van der Waals surface area (Å²) in [5.74, 6) is 0.342. The molecule has 1 N–H and O–H groups in total. The van der Waals surface area contributed by atoms with E-state index in [4.69, 9.17) is 26.2 Å². The molecule has 9 heteroatoms. The highest BCUT2D eigenvalue weighted by Gasteiger charge is 2.24. The van der Waals surface area contributed by atoms with Crippen molar-refractivity contribution in [1.82, 2.24) is 10.5 Å². The predicted octanol–water partition coefficient (Wildman–Crippen LogP) is 3.92. The molecule has 162 valence electrons. The summed E-state index contributed by atoms with van der Waals surface area (Å²) in [5.41, 5.74) is 1.44. The number of benzene rings is 1. The maximum atomic E-state index is 13.8. The van der Waals surface area contributed by atoms with Gasteiger partial charge in [0.25, 0.3) is 5.91 Å². The van der Waals surface area contributed by atoms with Gasteiger partial charge in [0.1, 0.15) is 18.2 Å². The fourth-order valence-electron chi connectivity index (χ4n) is 3.26. The molecule has 30 heavy (non-hydrogen) atoms. The van der Waals surface area contributed by atoms with Crippen LogP contribution in [0.5, 0.6) is 0 Å². The average Bonchev–Trinajstić information content (AvgIpc) is 3.41. The first-order chi connectivity index (χ1) is 14.6. The van der Waals surface area contributed by atoms with E-state index in [9.17, 15) is 9.18 Å². The molecule has 0 spiro atoms. The van der Waals surface area contributed by atoms with Crippen molar-refractivity contribution in [3.05, 3.63) is 52.7 Å². The van der Waals surface area contributed by atoms with Crippen molar-refractivity contribution in [2.45, 2.75) is 32.3 Å². The second-order valence-electron chi connectivity index (χ2n) is 7.06. The van der Waals surface area contributed by atoms with Crippen molar-refractivity contribution in [2.24, 2.45) is 5.92 Å². The van der Waals surface area contributed by atoms with E-state index in [0.29, 0.717) is 59.6 Å². The zero-order valence-corrected chi connectivity index (χ0v) is 18.5. The third-order valence-electron chi connectivity index (χ3n) is 4.97. The number of hydrogen-bond donors (Lipinski definition) is 1. The molecule has 1 unspecified atom stereocenters. The molecule has 0 aliphatic carbocycles. The molecule has 1 fully saturated rings. The molecule has 2 aromatic rings. The summed E-state index contributed by atoms with van der Waals surface area (Å²) < 4.78 is 30.6. The van der Waals surface area contributed by atoms with Crippen LogP contribution in [-0.2, 0) is 28.9 Å². The Bertz CT molecular complexity index is 868. The Morgan fingerprint density at radius 3 is 2.97 bits per heavy atom. The molecule has 1 atom stereocenters. The summed E-state index contributed by atoms with van der Waals surface area (Å²) in [7, 11) is 0. The Balaban J connectivity index is 1.65. The summed E-state index contributed by atoms with van der Waals surface area (Å²) in [6.07, 6.45) is 4.47. The third kappa shape index (κ3) is 6.26. The van der Waals surface area contributed by atoms with Gasteiger partial charge in [0.05, 0.1) is 12.2 Å². The van der Waals surface area contributed by atoms with Crippen LogP contribution in [0.15, 0.2) is 28.8 Å². The first-order valence-electron chi connectivity index (χ1n) is 9.86. The Morgan fingerprint density at radius 1 is 1.40 bits per heavy atom. The first-order valence-corrected chi connectivity index (χ1v) is 11.5. The number of amides is 1. The van der Waals surface area contributed by atoms with Gasteiger partial charge < -0.3 is 19.3 Å².